The van der Waals surface area contributed by atoms with Crippen LogP contribution in [0.4, 0.5) is 0 Å². The molecule has 1 aromatic heterocycles. The van der Waals surface area contributed by atoms with Crippen LogP contribution in [0.3, 0.4) is 0 Å². The van der Waals surface area contributed by atoms with Crippen molar-refractivity contribution in [2.24, 2.45) is 0 Å². The van der Waals surface area contributed by atoms with Crippen molar-refractivity contribution >= 4 is 5.91 Å². The van der Waals surface area contributed by atoms with E-state index in [-0.39, 0.29) is 17.6 Å². The van der Waals surface area contributed by atoms with E-state index in [0.717, 1.165) is 30.4 Å². The average molecular weight is 403 g/mol. The number of carbonyl (C=O) groups excluding carboxylic acids is 1. The van der Waals surface area contributed by atoms with Crippen LogP contribution in [0.2, 0.25) is 0 Å². The van der Waals surface area contributed by atoms with Crippen LogP contribution >= 0.6 is 0 Å². The number of amides is 1. The van der Waals surface area contributed by atoms with Crippen molar-refractivity contribution in [2.75, 3.05) is 20.2 Å². The topological polar surface area (TPSA) is 75.3 Å². The number of hydrogen-bond acceptors (Lipinski definition) is 4. The summed E-state index contributed by atoms with van der Waals surface area (Å²) in [6, 6.07) is 19.1. The molecule has 0 saturated carbocycles. The fourth-order valence-corrected chi connectivity index (χ4v) is 4.01. The fraction of sp³-hybridized carbons (Fsp3) is 0.292. The molecule has 30 heavy (non-hydrogen) atoms. The van der Waals surface area contributed by atoms with Gasteiger partial charge in [-0.3, -0.25) is 9.59 Å². The van der Waals surface area contributed by atoms with E-state index >= 15 is 0 Å². The molecule has 1 amide bonds. The summed E-state index contributed by atoms with van der Waals surface area (Å²) >= 11 is 0. The highest BCUT2D eigenvalue weighted by Gasteiger charge is 2.28. The Labute approximate surface area is 175 Å². The Balaban J connectivity index is 1.85. The maximum Gasteiger partial charge on any atom is 0.277 e. The first-order valence-corrected chi connectivity index (χ1v) is 10.2. The van der Waals surface area contributed by atoms with E-state index in [9.17, 15) is 9.59 Å². The Hall–Kier alpha value is -3.25. The molecule has 6 heteroatoms. The number of hydrogen-bond donors (Lipinski definition) is 1. The zero-order chi connectivity index (χ0) is 20.9. The normalized spacial score (nSPS) is 16.8. The van der Waals surface area contributed by atoms with Crippen LogP contribution in [-0.4, -0.2) is 47.3 Å². The van der Waals surface area contributed by atoms with E-state index in [0.29, 0.717) is 24.3 Å². The number of nitrogens with zero attached hydrogens (tertiary/aromatic N) is 2. The number of likely N-dealkylation sites (tertiary alicyclic amines) is 1. The number of carbonyl (C=O) groups is 1. The molecule has 0 radical (unpaired) electrons. The Morgan fingerprint density at radius 2 is 1.67 bits per heavy atom. The zero-order valence-electron chi connectivity index (χ0n) is 17.0. The molecule has 1 fully saturated rings. The van der Waals surface area contributed by atoms with Crippen molar-refractivity contribution in [1.29, 1.82) is 0 Å². The first kappa shape index (κ1) is 20.0. The summed E-state index contributed by atoms with van der Waals surface area (Å²) in [7, 11) is 1.70. The SMILES string of the molecule is COC1CCCN(C(=O)c2c(-c3ccccc3)c(-c3ccccc3)n[nH]c2=O)CC1. The van der Waals surface area contributed by atoms with Crippen molar-refractivity contribution in [3.63, 3.8) is 0 Å². The second-order valence-electron chi connectivity index (χ2n) is 7.46. The van der Waals surface area contributed by atoms with Crippen molar-refractivity contribution < 1.29 is 9.53 Å². The lowest BCUT2D eigenvalue weighted by Crippen LogP contribution is -2.37. The van der Waals surface area contributed by atoms with Gasteiger partial charge in [0.25, 0.3) is 11.5 Å². The molecule has 1 unspecified atom stereocenters. The molecular weight excluding hydrogens is 378 g/mol. The van der Waals surface area contributed by atoms with Crippen LogP contribution in [0.5, 0.6) is 0 Å². The molecule has 1 aliphatic heterocycles. The van der Waals surface area contributed by atoms with E-state index in [1.165, 1.54) is 0 Å². The van der Waals surface area contributed by atoms with Gasteiger partial charge in [0.1, 0.15) is 5.56 Å². The minimum atomic E-state index is -0.467. The first-order chi connectivity index (χ1) is 14.7. The first-order valence-electron chi connectivity index (χ1n) is 10.2. The predicted molar refractivity (Wildman–Crippen MR) is 116 cm³/mol. The molecule has 1 N–H and O–H groups in total. The number of aromatic nitrogens is 2. The number of ether oxygens (including phenoxy) is 1. The monoisotopic (exact) mass is 403 g/mol. The maximum absolute atomic E-state index is 13.6. The molecule has 154 valence electrons. The van der Waals surface area contributed by atoms with Gasteiger partial charge in [0.2, 0.25) is 0 Å². The molecule has 4 rings (SSSR count). The van der Waals surface area contributed by atoms with E-state index < -0.39 is 5.56 Å². The Kier molecular flexibility index (Phi) is 6.05. The Morgan fingerprint density at radius 3 is 2.33 bits per heavy atom. The smallest absolute Gasteiger partial charge is 0.277 e. The molecule has 0 spiro atoms. The lowest BCUT2D eigenvalue weighted by atomic mass is 9.95. The number of nitrogens with one attached hydrogen (secondary N) is 1. The van der Waals surface area contributed by atoms with Gasteiger partial charge < -0.3 is 9.64 Å². The summed E-state index contributed by atoms with van der Waals surface area (Å²) in [4.78, 5) is 28.2. The van der Waals surface area contributed by atoms with Gasteiger partial charge >= 0.3 is 0 Å². The van der Waals surface area contributed by atoms with Crippen LogP contribution < -0.4 is 5.56 Å². The number of methoxy groups -OCH3 is 1. The molecule has 1 saturated heterocycles. The van der Waals surface area contributed by atoms with E-state index in [2.05, 4.69) is 10.2 Å². The van der Waals surface area contributed by atoms with Crippen LogP contribution in [0.25, 0.3) is 22.4 Å². The maximum atomic E-state index is 13.6. The van der Waals surface area contributed by atoms with E-state index in [1.807, 2.05) is 60.7 Å². The summed E-state index contributed by atoms with van der Waals surface area (Å²) in [5, 5.41) is 6.88. The minimum absolute atomic E-state index is 0.144. The summed E-state index contributed by atoms with van der Waals surface area (Å²) in [5.74, 6) is -0.258. The number of rotatable bonds is 4. The second kappa shape index (κ2) is 9.05. The lowest BCUT2D eigenvalue weighted by Gasteiger charge is -2.22. The fourth-order valence-electron chi connectivity index (χ4n) is 4.01. The lowest BCUT2D eigenvalue weighted by molar-refractivity contribution is 0.0722. The van der Waals surface area contributed by atoms with Crippen molar-refractivity contribution in [3.05, 3.63) is 76.6 Å². The summed E-state index contributed by atoms with van der Waals surface area (Å²) < 4.78 is 5.48. The average Bonchev–Trinajstić information content (AvgIpc) is 3.05. The van der Waals surface area contributed by atoms with Crippen LogP contribution in [0, 0.1) is 0 Å². The summed E-state index contributed by atoms with van der Waals surface area (Å²) in [6.07, 6.45) is 2.66. The van der Waals surface area contributed by atoms with Gasteiger partial charge in [-0.05, 0) is 24.8 Å². The van der Waals surface area contributed by atoms with Gasteiger partial charge in [-0.15, -0.1) is 0 Å². The van der Waals surface area contributed by atoms with Crippen molar-refractivity contribution in [2.45, 2.75) is 25.4 Å². The molecule has 1 atom stereocenters. The number of aromatic amines is 1. The largest absolute Gasteiger partial charge is 0.381 e. The van der Waals surface area contributed by atoms with Crippen molar-refractivity contribution in [3.8, 4) is 22.4 Å². The molecule has 0 aliphatic carbocycles. The van der Waals surface area contributed by atoms with E-state index in [4.69, 9.17) is 4.74 Å². The third kappa shape index (κ3) is 4.04. The van der Waals surface area contributed by atoms with Gasteiger partial charge in [-0.1, -0.05) is 60.7 Å². The van der Waals surface area contributed by atoms with Gasteiger partial charge in [0.05, 0.1) is 11.8 Å². The Morgan fingerprint density at radius 1 is 1.00 bits per heavy atom. The van der Waals surface area contributed by atoms with Gasteiger partial charge in [0, 0.05) is 31.3 Å². The molecule has 3 aromatic rings. The van der Waals surface area contributed by atoms with Crippen LogP contribution in [0.15, 0.2) is 65.5 Å². The van der Waals surface area contributed by atoms with Gasteiger partial charge in [-0.25, -0.2) is 5.10 Å². The molecule has 1 aliphatic rings. The third-order valence-corrected chi connectivity index (χ3v) is 5.60. The number of H-pyrrole nitrogens is 1. The highest BCUT2D eigenvalue weighted by molar-refractivity contribution is 6.03. The number of benzene rings is 2. The van der Waals surface area contributed by atoms with Crippen molar-refractivity contribution in [1.82, 2.24) is 15.1 Å². The molecule has 2 heterocycles. The van der Waals surface area contributed by atoms with Crippen LogP contribution in [-0.2, 0) is 4.74 Å². The Bertz CT molecular complexity index is 1060. The summed E-state index contributed by atoms with van der Waals surface area (Å²) in [6.45, 7) is 1.17. The zero-order valence-corrected chi connectivity index (χ0v) is 17.0. The van der Waals surface area contributed by atoms with Gasteiger partial charge in [-0.2, -0.15) is 5.10 Å². The highest BCUT2D eigenvalue weighted by atomic mass is 16.5. The standard InChI is InChI=1S/C24H25N3O3/c1-30-19-13-8-15-27(16-14-19)24(29)21-20(17-9-4-2-5-10-17)22(25-26-23(21)28)18-11-6-3-7-12-18/h2-7,9-12,19H,8,13-16H2,1H3,(H,26,28). The van der Waals surface area contributed by atoms with Crippen LogP contribution in [0.1, 0.15) is 29.6 Å². The third-order valence-electron chi connectivity index (χ3n) is 5.60. The summed E-state index contributed by atoms with van der Waals surface area (Å²) in [5.41, 5.74) is 2.48. The molecular formula is C24H25N3O3. The molecule has 2 aromatic carbocycles. The highest BCUT2D eigenvalue weighted by Crippen LogP contribution is 2.32. The minimum Gasteiger partial charge on any atom is -0.381 e. The second-order valence-corrected chi connectivity index (χ2v) is 7.46. The predicted octanol–water partition coefficient (Wildman–Crippen LogP) is 3.75. The molecule has 0 bridgehead atoms. The van der Waals surface area contributed by atoms with Gasteiger partial charge in [0.15, 0.2) is 0 Å². The molecule has 6 nitrogen and oxygen atoms in total. The quantitative estimate of drug-likeness (QED) is 0.720. The van der Waals surface area contributed by atoms with E-state index in [1.54, 1.807) is 12.0 Å².